The summed E-state index contributed by atoms with van der Waals surface area (Å²) >= 11 is 0. The summed E-state index contributed by atoms with van der Waals surface area (Å²) in [6.07, 6.45) is 2.83. The van der Waals surface area contributed by atoms with Crippen LogP contribution >= 0.6 is 0 Å². The minimum absolute atomic E-state index is 0.0475. The SMILES string of the molecule is Cc1cc(OC(C)C(=O)N(C)C2CCN(CC3CC3c3ccccc3)CC2)c(C)c(C)c1N. The zero-order valence-electron chi connectivity index (χ0n) is 20.8. The van der Waals surface area contributed by atoms with Crippen LogP contribution in [0.2, 0.25) is 0 Å². The maximum Gasteiger partial charge on any atom is 0.263 e. The summed E-state index contributed by atoms with van der Waals surface area (Å²) in [5, 5.41) is 0. The zero-order valence-corrected chi connectivity index (χ0v) is 20.8. The van der Waals surface area contributed by atoms with Crippen molar-refractivity contribution in [3.05, 3.63) is 58.7 Å². The molecule has 2 aliphatic rings. The smallest absolute Gasteiger partial charge is 0.263 e. The second-order valence-corrected chi connectivity index (χ2v) is 10.1. The first-order chi connectivity index (χ1) is 15.8. The van der Waals surface area contributed by atoms with E-state index in [4.69, 9.17) is 10.5 Å². The minimum Gasteiger partial charge on any atom is -0.481 e. The number of rotatable bonds is 7. The van der Waals surface area contributed by atoms with Crippen molar-refractivity contribution in [2.75, 3.05) is 32.4 Å². The normalized spacial score (nSPS) is 22.1. The first kappa shape index (κ1) is 23.6. The molecule has 1 saturated heterocycles. The lowest BCUT2D eigenvalue weighted by Crippen LogP contribution is -2.49. The van der Waals surface area contributed by atoms with E-state index in [0.29, 0.717) is 0 Å². The van der Waals surface area contributed by atoms with Gasteiger partial charge in [0.2, 0.25) is 0 Å². The predicted octanol–water partition coefficient (Wildman–Crippen LogP) is 4.69. The van der Waals surface area contributed by atoms with Crippen molar-refractivity contribution in [2.24, 2.45) is 5.92 Å². The summed E-state index contributed by atoms with van der Waals surface area (Å²) in [7, 11) is 1.93. The molecule has 0 radical (unpaired) electrons. The lowest BCUT2D eigenvalue weighted by atomic mass is 10.0. The number of carbonyl (C=O) groups excluding carboxylic acids is 1. The molecular formula is C28H39N3O2. The number of likely N-dealkylation sites (tertiary alicyclic amines) is 1. The van der Waals surface area contributed by atoms with E-state index in [-0.39, 0.29) is 11.9 Å². The van der Waals surface area contributed by atoms with Gasteiger partial charge in [0.1, 0.15) is 5.75 Å². The third kappa shape index (κ3) is 5.19. The Balaban J connectivity index is 1.26. The van der Waals surface area contributed by atoms with Crippen LogP contribution in [0.3, 0.4) is 0 Å². The quantitative estimate of drug-likeness (QED) is 0.623. The van der Waals surface area contributed by atoms with Crippen molar-refractivity contribution < 1.29 is 9.53 Å². The van der Waals surface area contributed by atoms with E-state index in [9.17, 15) is 4.79 Å². The average Bonchev–Trinajstić information content (AvgIpc) is 3.60. The number of likely N-dealkylation sites (N-methyl/N-ethyl adjacent to an activating group) is 1. The molecule has 3 atom stereocenters. The standard InChI is InChI=1S/C28H39N3O2/c1-18-15-26(19(2)20(3)27(18)29)33-21(4)28(32)30(5)24-11-13-31(14-12-24)17-23-16-25(23)22-9-7-6-8-10-22/h6-10,15,21,23-25H,11-14,16-17,29H2,1-5H3. The van der Waals surface area contributed by atoms with E-state index >= 15 is 0 Å². The molecule has 1 saturated carbocycles. The van der Waals surface area contributed by atoms with Gasteiger partial charge in [-0.15, -0.1) is 0 Å². The number of nitrogen functional groups attached to an aromatic ring is 1. The monoisotopic (exact) mass is 449 g/mol. The fourth-order valence-corrected chi connectivity index (χ4v) is 5.27. The van der Waals surface area contributed by atoms with Crippen LogP contribution in [-0.2, 0) is 4.79 Å². The molecule has 1 amide bonds. The Hall–Kier alpha value is -2.53. The van der Waals surface area contributed by atoms with Gasteiger partial charge in [-0.3, -0.25) is 4.79 Å². The Bertz CT molecular complexity index is 982. The van der Waals surface area contributed by atoms with Crippen LogP contribution in [0, 0.1) is 26.7 Å². The second kappa shape index (κ2) is 9.76. The zero-order chi connectivity index (χ0) is 23.7. The van der Waals surface area contributed by atoms with Crippen LogP contribution in [0.1, 0.15) is 54.4 Å². The van der Waals surface area contributed by atoms with Crippen molar-refractivity contribution in [3.63, 3.8) is 0 Å². The summed E-state index contributed by atoms with van der Waals surface area (Å²) < 4.78 is 6.11. The van der Waals surface area contributed by atoms with Gasteiger partial charge in [0.25, 0.3) is 5.91 Å². The summed E-state index contributed by atoms with van der Waals surface area (Å²) in [5.41, 5.74) is 11.4. The maximum absolute atomic E-state index is 13.1. The molecule has 5 heteroatoms. The number of piperidine rings is 1. The Morgan fingerprint density at radius 3 is 2.48 bits per heavy atom. The van der Waals surface area contributed by atoms with Crippen LogP contribution in [0.5, 0.6) is 5.75 Å². The van der Waals surface area contributed by atoms with E-state index in [1.54, 1.807) is 0 Å². The summed E-state index contributed by atoms with van der Waals surface area (Å²) in [6.45, 7) is 11.1. The molecular weight excluding hydrogens is 410 g/mol. The molecule has 0 spiro atoms. The van der Waals surface area contributed by atoms with E-state index in [1.807, 2.05) is 45.7 Å². The van der Waals surface area contributed by atoms with Crippen molar-refractivity contribution in [2.45, 2.75) is 65.0 Å². The number of amides is 1. The number of hydrogen-bond donors (Lipinski definition) is 1. The second-order valence-electron chi connectivity index (χ2n) is 10.1. The number of nitrogens with zero attached hydrogens (tertiary/aromatic N) is 2. The van der Waals surface area contributed by atoms with Gasteiger partial charge in [-0.2, -0.15) is 0 Å². The number of aryl methyl sites for hydroxylation is 1. The van der Waals surface area contributed by atoms with Gasteiger partial charge in [0.15, 0.2) is 6.10 Å². The topological polar surface area (TPSA) is 58.8 Å². The Morgan fingerprint density at radius 2 is 1.82 bits per heavy atom. The van der Waals surface area contributed by atoms with Gasteiger partial charge in [-0.1, -0.05) is 30.3 Å². The highest BCUT2D eigenvalue weighted by atomic mass is 16.5. The van der Waals surface area contributed by atoms with Crippen LogP contribution < -0.4 is 10.5 Å². The molecule has 2 aromatic carbocycles. The van der Waals surface area contributed by atoms with Gasteiger partial charge >= 0.3 is 0 Å². The molecule has 3 unspecified atom stereocenters. The van der Waals surface area contributed by atoms with E-state index in [2.05, 4.69) is 35.2 Å². The number of benzene rings is 2. The minimum atomic E-state index is -0.521. The number of carbonyl (C=O) groups is 1. The highest BCUT2D eigenvalue weighted by Gasteiger charge is 2.40. The molecule has 33 heavy (non-hydrogen) atoms. The largest absolute Gasteiger partial charge is 0.481 e. The molecule has 178 valence electrons. The fraction of sp³-hybridized carbons (Fsp3) is 0.536. The van der Waals surface area contributed by atoms with Crippen LogP contribution in [0.15, 0.2) is 36.4 Å². The molecule has 4 rings (SSSR count). The molecule has 1 heterocycles. The van der Waals surface area contributed by atoms with Crippen molar-refractivity contribution >= 4 is 11.6 Å². The summed E-state index contributed by atoms with van der Waals surface area (Å²) in [6, 6.07) is 13.1. The average molecular weight is 450 g/mol. The first-order valence-corrected chi connectivity index (χ1v) is 12.3. The van der Waals surface area contributed by atoms with Crippen LogP contribution in [0.4, 0.5) is 5.69 Å². The lowest BCUT2D eigenvalue weighted by Gasteiger charge is -2.37. The third-order valence-corrected chi connectivity index (χ3v) is 7.86. The van der Waals surface area contributed by atoms with Gasteiger partial charge in [0, 0.05) is 38.4 Å². The Labute approximate surface area is 198 Å². The molecule has 2 fully saturated rings. The third-order valence-electron chi connectivity index (χ3n) is 7.86. The van der Waals surface area contributed by atoms with Crippen LogP contribution in [-0.4, -0.2) is 54.5 Å². The predicted molar refractivity (Wildman–Crippen MR) is 135 cm³/mol. The molecule has 0 aromatic heterocycles. The highest BCUT2D eigenvalue weighted by molar-refractivity contribution is 5.81. The Morgan fingerprint density at radius 1 is 1.15 bits per heavy atom. The van der Waals surface area contributed by atoms with Crippen molar-refractivity contribution in [3.8, 4) is 5.75 Å². The number of anilines is 1. The van der Waals surface area contributed by atoms with Gasteiger partial charge < -0.3 is 20.3 Å². The van der Waals surface area contributed by atoms with Gasteiger partial charge in [0.05, 0.1) is 0 Å². The molecule has 5 nitrogen and oxygen atoms in total. The van der Waals surface area contributed by atoms with Gasteiger partial charge in [-0.25, -0.2) is 0 Å². The number of hydrogen-bond acceptors (Lipinski definition) is 4. The first-order valence-electron chi connectivity index (χ1n) is 12.3. The summed E-state index contributed by atoms with van der Waals surface area (Å²) in [5.74, 6) is 2.31. The van der Waals surface area contributed by atoms with Gasteiger partial charge in [-0.05, 0) is 87.1 Å². The maximum atomic E-state index is 13.1. The number of ether oxygens (including phenoxy) is 1. The fourth-order valence-electron chi connectivity index (χ4n) is 5.27. The molecule has 1 aliphatic heterocycles. The van der Waals surface area contributed by atoms with Crippen LogP contribution in [0.25, 0.3) is 0 Å². The molecule has 2 N–H and O–H groups in total. The van der Waals surface area contributed by atoms with E-state index in [1.165, 1.54) is 18.5 Å². The van der Waals surface area contributed by atoms with Crippen molar-refractivity contribution in [1.29, 1.82) is 0 Å². The number of nitrogens with two attached hydrogens (primary N) is 1. The van der Waals surface area contributed by atoms with Crippen molar-refractivity contribution in [1.82, 2.24) is 9.80 Å². The molecule has 2 aromatic rings. The van der Waals surface area contributed by atoms with E-state index < -0.39 is 6.10 Å². The molecule has 1 aliphatic carbocycles. The Kier molecular flexibility index (Phi) is 6.99. The summed E-state index contributed by atoms with van der Waals surface area (Å²) in [4.78, 5) is 17.6. The lowest BCUT2D eigenvalue weighted by molar-refractivity contribution is -0.139. The van der Waals surface area contributed by atoms with E-state index in [0.717, 1.165) is 65.9 Å². The highest BCUT2D eigenvalue weighted by Crippen LogP contribution is 2.47. The molecule has 0 bridgehead atoms.